The van der Waals surface area contributed by atoms with E-state index in [4.69, 9.17) is 4.99 Å². The molecule has 5 heteroatoms. The lowest BCUT2D eigenvalue weighted by Crippen LogP contribution is -2.48. The summed E-state index contributed by atoms with van der Waals surface area (Å²) in [4.78, 5) is 7.24. The monoisotopic (exact) mass is 320 g/mol. The predicted octanol–water partition coefficient (Wildman–Crippen LogP) is 3.07. The summed E-state index contributed by atoms with van der Waals surface area (Å²) in [6, 6.07) is 4.91. The van der Waals surface area contributed by atoms with Gasteiger partial charge in [0.1, 0.15) is 0 Å². The number of thiophene rings is 1. The molecule has 0 radical (unpaired) electrons. The molecular weight excluding hydrogens is 292 g/mol. The minimum Gasteiger partial charge on any atom is -0.363 e. The molecule has 2 N–H and O–H groups in total. The molecule has 122 valence electrons. The van der Waals surface area contributed by atoms with E-state index in [-0.39, 0.29) is 0 Å². The lowest BCUT2D eigenvalue weighted by molar-refractivity contribution is 0.462. The van der Waals surface area contributed by atoms with Crippen molar-refractivity contribution >= 4 is 22.3 Å². The van der Waals surface area contributed by atoms with E-state index in [9.17, 15) is 0 Å². The van der Waals surface area contributed by atoms with Crippen LogP contribution in [0.15, 0.2) is 22.5 Å². The summed E-state index contributed by atoms with van der Waals surface area (Å²) in [5.74, 6) is 1.97. The van der Waals surface area contributed by atoms with Gasteiger partial charge in [0, 0.05) is 32.2 Å². The molecule has 0 atom stereocenters. The van der Waals surface area contributed by atoms with E-state index in [1.54, 1.807) is 0 Å². The fourth-order valence-corrected chi connectivity index (χ4v) is 3.76. The van der Waals surface area contributed by atoms with Crippen LogP contribution in [0.4, 0.5) is 5.00 Å². The smallest absolute Gasteiger partial charge is 0.191 e. The van der Waals surface area contributed by atoms with Gasteiger partial charge in [-0.2, -0.15) is 0 Å². The quantitative estimate of drug-likeness (QED) is 0.625. The largest absolute Gasteiger partial charge is 0.363 e. The van der Waals surface area contributed by atoms with Crippen molar-refractivity contribution in [2.24, 2.45) is 10.9 Å². The van der Waals surface area contributed by atoms with Gasteiger partial charge in [0.15, 0.2) is 5.96 Å². The van der Waals surface area contributed by atoms with E-state index in [1.165, 1.54) is 37.1 Å². The Morgan fingerprint density at radius 3 is 2.77 bits per heavy atom. The van der Waals surface area contributed by atoms with E-state index >= 15 is 0 Å². The molecule has 4 nitrogen and oxygen atoms in total. The predicted molar refractivity (Wildman–Crippen MR) is 96.0 cm³/mol. The zero-order valence-electron chi connectivity index (χ0n) is 13.6. The molecule has 1 saturated heterocycles. The molecule has 1 aliphatic carbocycles. The van der Waals surface area contributed by atoms with Crippen molar-refractivity contribution in [1.82, 2.24) is 10.6 Å². The van der Waals surface area contributed by atoms with Gasteiger partial charge >= 0.3 is 0 Å². The number of rotatable bonds is 6. The Labute approximate surface area is 138 Å². The number of hydrogen-bond donors (Lipinski definition) is 2. The van der Waals surface area contributed by atoms with Gasteiger partial charge in [-0.15, -0.1) is 11.3 Å². The van der Waals surface area contributed by atoms with Gasteiger partial charge in [-0.1, -0.05) is 12.8 Å². The fourth-order valence-electron chi connectivity index (χ4n) is 2.97. The molecule has 0 aromatic carbocycles. The van der Waals surface area contributed by atoms with E-state index in [0.29, 0.717) is 6.04 Å². The lowest BCUT2D eigenvalue weighted by atomic mass is 10.1. The minimum absolute atomic E-state index is 0.551. The Balaban J connectivity index is 1.44. The summed E-state index contributed by atoms with van der Waals surface area (Å²) in [7, 11) is 0. The molecule has 1 aromatic rings. The van der Waals surface area contributed by atoms with Crippen LogP contribution < -0.4 is 15.5 Å². The Morgan fingerprint density at radius 1 is 1.32 bits per heavy atom. The average molecular weight is 321 g/mol. The van der Waals surface area contributed by atoms with Crippen molar-refractivity contribution in [3.63, 3.8) is 0 Å². The Bertz CT molecular complexity index is 459. The van der Waals surface area contributed by atoms with Crippen molar-refractivity contribution in [2.75, 3.05) is 31.1 Å². The van der Waals surface area contributed by atoms with Crippen LogP contribution in [0.2, 0.25) is 0 Å². The first-order valence-electron chi connectivity index (χ1n) is 8.68. The van der Waals surface area contributed by atoms with Crippen molar-refractivity contribution in [3.8, 4) is 0 Å². The van der Waals surface area contributed by atoms with E-state index in [0.717, 1.165) is 38.1 Å². The van der Waals surface area contributed by atoms with Crippen molar-refractivity contribution < 1.29 is 0 Å². The highest BCUT2D eigenvalue weighted by molar-refractivity contribution is 7.14. The first-order valence-corrected chi connectivity index (χ1v) is 9.56. The Kier molecular flexibility index (Phi) is 5.59. The normalized spacial score (nSPS) is 20.2. The van der Waals surface area contributed by atoms with E-state index in [1.807, 2.05) is 11.3 Å². The molecule has 0 amide bonds. The lowest BCUT2D eigenvalue weighted by Gasteiger charge is -2.33. The molecule has 1 aromatic heterocycles. The number of piperidine rings is 1. The minimum atomic E-state index is 0.551. The molecule has 2 fully saturated rings. The van der Waals surface area contributed by atoms with Crippen molar-refractivity contribution in [3.05, 3.63) is 17.5 Å². The highest BCUT2D eigenvalue weighted by Gasteiger charge is 2.22. The topological polar surface area (TPSA) is 39.7 Å². The second-order valence-corrected chi connectivity index (χ2v) is 7.28. The average Bonchev–Trinajstić information content (AvgIpc) is 3.19. The summed E-state index contributed by atoms with van der Waals surface area (Å²) >= 11 is 1.84. The third-order valence-electron chi connectivity index (χ3n) is 4.50. The molecule has 1 aliphatic heterocycles. The van der Waals surface area contributed by atoms with Gasteiger partial charge in [0.05, 0.1) is 5.00 Å². The van der Waals surface area contributed by atoms with Crippen LogP contribution in [-0.2, 0) is 0 Å². The highest BCUT2D eigenvalue weighted by atomic mass is 32.1. The van der Waals surface area contributed by atoms with Crippen LogP contribution in [-0.4, -0.2) is 38.2 Å². The summed E-state index contributed by atoms with van der Waals surface area (Å²) in [5.41, 5.74) is 0. The fraction of sp³-hybridized carbons (Fsp3) is 0.706. The highest BCUT2D eigenvalue weighted by Crippen LogP contribution is 2.32. The maximum absolute atomic E-state index is 4.74. The molecule has 0 spiro atoms. The Hall–Kier alpha value is -1.23. The first-order chi connectivity index (χ1) is 10.8. The first kappa shape index (κ1) is 15.7. The third-order valence-corrected chi connectivity index (χ3v) is 5.43. The van der Waals surface area contributed by atoms with Crippen LogP contribution in [0.5, 0.6) is 0 Å². The molecular formula is C17H28N4S. The van der Waals surface area contributed by atoms with Gasteiger partial charge in [-0.05, 0) is 49.6 Å². The van der Waals surface area contributed by atoms with Gasteiger partial charge < -0.3 is 15.5 Å². The summed E-state index contributed by atoms with van der Waals surface area (Å²) < 4.78 is 0. The maximum Gasteiger partial charge on any atom is 0.191 e. The van der Waals surface area contributed by atoms with Crippen LogP contribution >= 0.6 is 11.3 Å². The maximum atomic E-state index is 4.74. The molecule has 2 heterocycles. The van der Waals surface area contributed by atoms with Crippen LogP contribution in [0.3, 0.4) is 0 Å². The molecule has 2 aliphatic rings. The molecule has 0 bridgehead atoms. The number of nitrogens with one attached hydrogen (secondary N) is 2. The number of hydrogen-bond acceptors (Lipinski definition) is 3. The second kappa shape index (κ2) is 7.86. The van der Waals surface area contributed by atoms with Gasteiger partial charge in [-0.25, -0.2) is 0 Å². The van der Waals surface area contributed by atoms with Crippen LogP contribution in [0.1, 0.15) is 39.0 Å². The van der Waals surface area contributed by atoms with Crippen LogP contribution in [0.25, 0.3) is 0 Å². The molecule has 3 rings (SSSR count). The van der Waals surface area contributed by atoms with Gasteiger partial charge in [0.2, 0.25) is 0 Å². The zero-order chi connectivity index (χ0) is 15.2. The number of aliphatic imine (C=N–C) groups is 1. The van der Waals surface area contributed by atoms with Gasteiger partial charge in [-0.3, -0.25) is 4.99 Å². The molecule has 1 saturated carbocycles. The zero-order valence-corrected chi connectivity index (χ0v) is 14.4. The van der Waals surface area contributed by atoms with Crippen molar-refractivity contribution in [2.45, 2.75) is 45.1 Å². The van der Waals surface area contributed by atoms with E-state index in [2.05, 4.69) is 40.0 Å². The molecule has 22 heavy (non-hydrogen) atoms. The summed E-state index contributed by atoms with van der Waals surface area (Å²) in [5, 5.41) is 10.6. The van der Waals surface area contributed by atoms with E-state index < -0.39 is 0 Å². The number of guanidine groups is 1. The number of nitrogens with zero attached hydrogens (tertiary/aromatic N) is 2. The third kappa shape index (κ3) is 4.63. The number of anilines is 1. The summed E-state index contributed by atoms with van der Waals surface area (Å²) in [6.45, 7) is 6.31. The Morgan fingerprint density at radius 2 is 2.14 bits per heavy atom. The second-order valence-electron chi connectivity index (χ2n) is 6.35. The SMILES string of the molecule is CCNC(=NCCC1CC1)NC1CCN(c2cccs2)CC1. The standard InChI is InChI=1S/C17H28N4S/c1-2-18-17(19-10-7-14-5-6-14)20-15-8-11-21(12-9-15)16-4-3-13-22-16/h3-4,13-15H,2,5-12H2,1H3,(H2,18,19,20). The summed E-state index contributed by atoms with van der Waals surface area (Å²) in [6.07, 6.45) is 6.46. The van der Waals surface area contributed by atoms with Crippen LogP contribution in [0, 0.1) is 5.92 Å². The van der Waals surface area contributed by atoms with Gasteiger partial charge in [0.25, 0.3) is 0 Å². The van der Waals surface area contributed by atoms with Crippen molar-refractivity contribution in [1.29, 1.82) is 0 Å². The molecule has 0 unspecified atom stereocenters.